The van der Waals surface area contributed by atoms with Crippen molar-refractivity contribution < 1.29 is 4.79 Å². The molecule has 16 heavy (non-hydrogen) atoms. The van der Waals surface area contributed by atoms with Crippen LogP contribution in [0.2, 0.25) is 0 Å². The number of hydrogen-bond acceptors (Lipinski definition) is 1. The molecule has 0 aliphatic heterocycles. The van der Waals surface area contributed by atoms with E-state index in [1.165, 1.54) is 32.1 Å². The second-order valence-electron chi connectivity index (χ2n) is 6.25. The summed E-state index contributed by atoms with van der Waals surface area (Å²) in [5.74, 6) is 4.46. The quantitative estimate of drug-likeness (QED) is 0.659. The highest BCUT2D eigenvalue weighted by Gasteiger charge is 2.50. The number of allylic oxidation sites excluding steroid dienone is 1. The van der Waals surface area contributed by atoms with Crippen molar-refractivity contribution in [3.8, 4) is 0 Å². The zero-order valence-corrected chi connectivity index (χ0v) is 10.0. The van der Waals surface area contributed by atoms with Gasteiger partial charge in [-0.3, -0.25) is 4.79 Å². The van der Waals surface area contributed by atoms with Gasteiger partial charge < -0.3 is 0 Å². The Hall–Kier alpha value is -0.590. The molecule has 1 heteroatoms. The first-order valence-electron chi connectivity index (χ1n) is 6.91. The minimum Gasteiger partial charge on any atom is -0.299 e. The topological polar surface area (TPSA) is 17.1 Å². The predicted molar refractivity (Wildman–Crippen MR) is 65.0 cm³/mol. The van der Waals surface area contributed by atoms with Gasteiger partial charge in [-0.15, -0.1) is 6.58 Å². The van der Waals surface area contributed by atoms with Crippen LogP contribution in [0.1, 0.15) is 44.9 Å². The van der Waals surface area contributed by atoms with E-state index < -0.39 is 0 Å². The summed E-state index contributed by atoms with van der Waals surface area (Å²) in [6.07, 6.45) is 10.4. The van der Waals surface area contributed by atoms with Gasteiger partial charge in [0.1, 0.15) is 5.78 Å². The first-order valence-corrected chi connectivity index (χ1v) is 6.91. The maximum atomic E-state index is 12.2. The lowest BCUT2D eigenvalue weighted by Crippen LogP contribution is -2.47. The highest BCUT2D eigenvalue weighted by molar-refractivity contribution is 5.82. The van der Waals surface area contributed by atoms with Crippen molar-refractivity contribution in [1.29, 1.82) is 0 Å². The molecule has 4 saturated carbocycles. The molecule has 4 aliphatic rings. The minimum absolute atomic E-state index is 0.438. The lowest BCUT2D eigenvalue weighted by atomic mass is 9.51. The number of rotatable bonds is 4. The lowest BCUT2D eigenvalue weighted by molar-refractivity contribution is -0.135. The normalized spacial score (nSPS) is 44.6. The van der Waals surface area contributed by atoms with Gasteiger partial charge in [0, 0.05) is 12.3 Å². The van der Waals surface area contributed by atoms with Crippen LogP contribution >= 0.6 is 0 Å². The van der Waals surface area contributed by atoms with Crippen molar-refractivity contribution in [2.75, 3.05) is 0 Å². The molecule has 0 aromatic heterocycles. The third kappa shape index (κ3) is 1.65. The summed E-state index contributed by atoms with van der Waals surface area (Å²) in [7, 11) is 0. The molecule has 0 atom stereocenters. The number of carbonyl (C=O) groups is 1. The van der Waals surface area contributed by atoms with Crippen molar-refractivity contribution in [3.05, 3.63) is 12.7 Å². The highest BCUT2D eigenvalue weighted by atomic mass is 16.1. The molecule has 0 saturated heterocycles. The van der Waals surface area contributed by atoms with Crippen LogP contribution in [-0.4, -0.2) is 5.78 Å². The Bertz CT molecular complexity index is 277. The molecule has 0 spiro atoms. The van der Waals surface area contributed by atoms with Crippen molar-refractivity contribution in [2.24, 2.45) is 29.6 Å². The number of Topliss-reactive ketones (excluding diaryl/α,β-unsaturated/α-hetero) is 1. The second kappa shape index (κ2) is 4.01. The van der Waals surface area contributed by atoms with E-state index in [-0.39, 0.29) is 0 Å². The third-order valence-electron chi connectivity index (χ3n) is 5.19. The van der Waals surface area contributed by atoms with Gasteiger partial charge in [0.15, 0.2) is 0 Å². The van der Waals surface area contributed by atoms with Crippen LogP contribution in [-0.2, 0) is 4.79 Å². The zero-order chi connectivity index (χ0) is 11.1. The van der Waals surface area contributed by atoms with Gasteiger partial charge in [0.2, 0.25) is 0 Å². The highest BCUT2D eigenvalue weighted by Crippen LogP contribution is 2.56. The van der Waals surface area contributed by atoms with E-state index >= 15 is 0 Å². The first-order chi connectivity index (χ1) is 7.78. The monoisotopic (exact) mass is 218 g/mol. The Labute approximate surface area is 98.3 Å². The Kier molecular flexibility index (Phi) is 2.65. The van der Waals surface area contributed by atoms with E-state index in [1.807, 2.05) is 6.08 Å². The van der Waals surface area contributed by atoms with Gasteiger partial charge in [-0.05, 0) is 62.2 Å². The summed E-state index contributed by atoms with van der Waals surface area (Å²) >= 11 is 0. The van der Waals surface area contributed by atoms with Crippen LogP contribution in [0, 0.1) is 29.6 Å². The van der Waals surface area contributed by atoms with Gasteiger partial charge >= 0.3 is 0 Å². The van der Waals surface area contributed by atoms with Crippen molar-refractivity contribution >= 4 is 5.78 Å². The summed E-state index contributed by atoms with van der Waals surface area (Å²) in [4.78, 5) is 12.2. The van der Waals surface area contributed by atoms with E-state index in [4.69, 9.17) is 0 Å². The van der Waals surface area contributed by atoms with Gasteiger partial charge in [0.05, 0.1) is 0 Å². The van der Waals surface area contributed by atoms with E-state index in [0.717, 1.165) is 36.5 Å². The molecule has 0 heterocycles. The van der Waals surface area contributed by atoms with Crippen LogP contribution in [0.15, 0.2) is 12.7 Å². The molecule has 4 aliphatic carbocycles. The fourth-order valence-corrected chi connectivity index (χ4v) is 4.86. The zero-order valence-electron chi connectivity index (χ0n) is 10.0. The molecule has 0 aromatic rings. The average molecular weight is 218 g/mol. The Morgan fingerprint density at radius 2 is 1.62 bits per heavy atom. The molecule has 88 valence electrons. The predicted octanol–water partition coefficient (Wildman–Crippen LogP) is 3.59. The number of carbonyl (C=O) groups excluding carboxylic acids is 1. The summed E-state index contributed by atoms with van der Waals surface area (Å²) in [5.41, 5.74) is 0. The van der Waals surface area contributed by atoms with Gasteiger partial charge in [0.25, 0.3) is 0 Å². The molecule has 0 aromatic carbocycles. The van der Waals surface area contributed by atoms with E-state index in [0.29, 0.717) is 11.7 Å². The van der Waals surface area contributed by atoms with Crippen LogP contribution in [0.25, 0.3) is 0 Å². The standard InChI is InChI=1S/C15H22O/c1-2-3-4-14(16)15-12-6-10-5-11(8-12)9-13(15)7-10/h2,10-13,15H,1,3-9H2. The van der Waals surface area contributed by atoms with Gasteiger partial charge in [-0.2, -0.15) is 0 Å². The summed E-state index contributed by atoms with van der Waals surface area (Å²) in [6.45, 7) is 3.72. The molecule has 4 fully saturated rings. The van der Waals surface area contributed by atoms with Crippen molar-refractivity contribution in [1.82, 2.24) is 0 Å². The van der Waals surface area contributed by atoms with E-state index in [2.05, 4.69) is 6.58 Å². The van der Waals surface area contributed by atoms with Gasteiger partial charge in [-0.1, -0.05) is 6.08 Å². The molecule has 0 radical (unpaired) electrons. The maximum Gasteiger partial charge on any atom is 0.136 e. The van der Waals surface area contributed by atoms with E-state index in [1.54, 1.807) is 0 Å². The smallest absolute Gasteiger partial charge is 0.136 e. The van der Waals surface area contributed by atoms with Crippen LogP contribution in [0.4, 0.5) is 0 Å². The number of ketones is 1. The minimum atomic E-state index is 0.438. The maximum absolute atomic E-state index is 12.2. The Morgan fingerprint density at radius 1 is 1.06 bits per heavy atom. The SMILES string of the molecule is C=CCCC(=O)C1C2CC3CC(C2)CC1C3. The molecule has 0 unspecified atom stereocenters. The van der Waals surface area contributed by atoms with E-state index in [9.17, 15) is 4.79 Å². The fraction of sp³-hybridized carbons (Fsp3) is 0.800. The summed E-state index contributed by atoms with van der Waals surface area (Å²) < 4.78 is 0. The second-order valence-corrected chi connectivity index (χ2v) is 6.25. The lowest BCUT2D eigenvalue weighted by Gasteiger charge is -2.53. The molecule has 4 bridgehead atoms. The molecule has 1 nitrogen and oxygen atoms in total. The molecule has 0 amide bonds. The molecular weight excluding hydrogens is 196 g/mol. The Morgan fingerprint density at radius 3 is 2.12 bits per heavy atom. The van der Waals surface area contributed by atoms with Crippen molar-refractivity contribution in [3.63, 3.8) is 0 Å². The average Bonchev–Trinajstić information content (AvgIpc) is 2.24. The summed E-state index contributed by atoms with van der Waals surface area (Å²) in [5, 5.41) is 0. The molecule has 4 rings (SSSR count). The molecule has 0 N–H and O–H groups in total. The largest absolute Gasteiger partial charge is 0.299 e. The van der Waals surface area contributed by atoms with Gasteiger partial charge in [-0.25, -0.2) is 0 Å². The first kappa shape index (κ1) is 10.6. The fourth-order valence-electron chi connectivity index (χ4n) is 4.86. The Balaban J connectivity index is 1.71. The van der Waals surface area contributed by atoms with Crippen molar-refractivity contribution in [2.45, 2.75) is 44.9 Å². The number of hydrogen-bond donors (Lipinski definition) is 0. The van der Waals surface area contributed by atoms with Crippen LogP contribution < -0.4 is 0 Å². The molecular formula is C15H22O. The van der Waals surface area contributed by atoms with Crippen LogP contribution in [0.3, 0.4) is 0 Å². The van der Waals surface area contributed by atoms with Crippen LogP contribution in [0.5, 0.6) is 0 Å². The third-order valence-corrected chi connectivity index (χ3v) is 5.19. The summed E-state index contributed by atoms with van der Waals surface area (Å²) in [6, 6.07) is 0.